The van der Waals surface area contributed by atoms with Crippen LogP contribution in [0.3, 0.4) is 0 Å². The Labute approximate surface area is 157 Å². The number of nitrogens with one attached hydrogen (secondary N) is 1. The highest BCUT2D eigenvalue weighted by atomic mass is 35.5. The van der Waals surface area contributed by atoms with E-state index in [9.17, 15) is 22.8 Å². The minimum absolute atomic E-state index is 0. The van der Waals surface area contributed by atoms with Gasteiger partial charge in [-0.25, -0.2) is 0 Å². The predicted octanol–water partition coefficient (Wildman–Crippen LogP) is 3.55. The summed E-state index contributed by atoms with van der Waals surface area (Å²) >= 11 is 11.7. The molecule has 0 spiro atoms. The van der Waals surface area contributed by atoms with Gasteiger partial charge in [-0.05, 0) is 18.2 Å². The van der Waals surface area contributed by atoms with Crippen molar-refractivity contribution in [3.05, 3.63) is 28.2 Å². The van der Waals surface area contributed by atoms with E-state index in [1.807, 2.05) is 0 Å². The van der Waals surface area contributed by atoms with Crippen molar-refractivity contribution in [2.45, 2.75) is 6.18 Å². The first-order valence-corrected chi connectivity index (χ1v) is 7.60. The SMILES string of the molecule is Cl.O=C(CN1C[C@@H](C(F)(F)F)[C@H](C(=O)O)C1)Nc1cc(Cl)ccc1Cl. The second-order valence-electron chi connectivity index (χ2n) is 5.46. The molecule has 0 bridgehead atoms. The van der Waals surface area contributed by atoms with Crippen LogP contribution in [0.25, 0.3) is 0 Å². The van der Waals surface area contributed by atoms with Crippen LogP contribution in [0.5, 0.6) is 0 Å². The van der Waals surface area contributed by atoms with Gasteiger partial charge in [-0.3, -0.25) is 14.5 Å². The number of hydrogen-bond acceptors (Lipinski definition) is 3. The first-order valence-electron chi connectivity index (χ1n) is 6.84. The second-order valence-corrected chi connectivity index (χ2v) is 6.30. The number of rotatable bonds is 4. The molecule has 1 aromatic carbocycles. The highest BCUT2D eigenvalue weighted by Gasteiger charge is 2.52. The highest BCUT2D eigenvalue weighted by molar-refractivity contribution is 6.35. The molecule has 0 aliphatic carbocycles. The molecule has 1 amide bonds. The van der Waals surface area contributed by atoms with Crippen LogP contribution in [0, 0.1) is 11.8 Å². The molecule has 1 aliphatic heterocycles. The van der Waals surface area contributed by atoms with Crippen molar-refractivity contribution >= 4 is 53.2 Å². The van der Waals surface area contributed by atoms with Crippen molar-refractivity contribution in [1.82, 2.24) is 4.90 Å². The normalized spacial score (nSPS) is 20.8. The van der Waals surface area contributed by atoms with E-state index in [1.54, 1.807) is 0 Å². The lowest BCUT2D eigenvalue weighted by molar-refractivity contribution is -0.188. The number of carboxylic acids is 1. The number of likely N-dealkylation sites (tertiary alicyclic amines) is 1. The molecule has 11 heteroatoms. The van der Waals surface area contributed by atoms with E-state index in [1.165, 1.54) is 18.2 Å². The quantitative estimate of drug-likeness (QED) is 0.780. The van der Waals surface area contributed by atoms with Crippen LogP contribution in [0.4, 0.5) is 18.9 Å². The molecule has 5 nitrogen and oxygen atoms in total. The lowest BCUT2D eigenvalue weighted by Crippen LogP contribution is -2.34. The summed E-state index contributed by atoms with van der Waals surface area (Å²) in [6.45, 7) is -1.27. The number of nitrogens with zero attached hydrogens (tertiary/aromatic N) is 1. The first kappa shape index (κ1) is 21.8. The summed E-state index contributed by atoms with van der Waals surface area (Å²) in [5.41, 5.74) is 0.232. The third-order valence-corrected chi connectivity index (χ3v) is 4.27. The van der Waals surface area contributed by atoms with Crippen molar-refractivity contribution in [2.75, 3.05) is 25.0 Å². The molecule has 2 rings (SSSR count). The second kappa shape index (κ2) is 8.44. The molecule has 1 heterocycles. The lowest BCUT2D eigenvalue weighted by Gasteiger charge is -2.18. The summed E-state index contributed by atoms with van der Waals surface area (Å²) in [5, 5.41) is 12.0. The number of anilines is 1. The van der Waals surface area contributed by atoms with E-state index < -0.39 is 36.4 Å². The Kier molecular flexibility index (Phi) is 7.37. The zero-order valence-corrected chi connectivity index (χ0v) is 14.8. The third-order valence-electron chi connectivity index (χ3n) is 3.70. The summed E-state index contributed by atoms with van der Waals surface area (Å²) in [7, 11) is 0. The van der Waals surface area contributed by atoms with Gasteiger partial charge in [-0.1, -0.05) is 23.2 Å². The third kappa shape index (κ3) is 5.64. The topological polar surface area (TPSA) is 69.6 Å². The lowest BCUT2D eigenvalue weighted by atomic mass is 9.96. The average Bonchev–Trinajstić information content (AvgIpc) is 2.87. The predicted molar refractivity (Wildman–Crippen MR) is 89.5 cm³/mol. The molecule has 2 atom stereocenters. The van der Waals surface area contributed by atoms with Crippen LogP contribution >= 0.6 is 35.6 Å². The van der Waals surface area contributed by atoms with Crippen LogP contribution < -0.4 is 5.32 Å². The molecule has 0 unspecified atom stereocenters. The van der Waals surface area contributed by atoms with E-state index in [0.717, 1.165) is 4.90 Å². The van der Waals surface area contributed by atoms with Gasteiger partial charge in [-0.15, -0.1) is 12.4 Å². The molecule has 1 aromatic rings. The van der Waals surface area contributed by atoms with Gasteiger partial charge in [0.1, 0.15) is 0 Å². The van der Waals surface area contributed by atoms with Crippen molar-refractivity contribution < 1.29 is 27.9 Å². The van der Waals surface area contributed by atoms with Gasteiger partial charge in [-0.2, -0.15) is 13.2 Å². The summed E-state index contributed by atoms with van der Waals surface area (Å²) in [5.74, 6) is -5.73. The van der Waals surface area contributed by atoms with E-state index >= 15 is 0 Å². The van der Waals surface area contributed by atoms with Gasteiger partial charge >= 0.3 is 12.1 Å². The summed E-state index contributed by atoms with van der Waals surface area (Å²) in [6, 6.07) is 4.39. The Morgan fingerprint density at radius 1 is 1.28 bits per heavy atom. The largest absolute Gasteiger partial charge is 0.481 e. The molecule has 140 valence electrons. The Bertz CT molecular complexity index is 658. The van der Waals surface area contributed by atoms with E-state index in [-0.39, 0.29) is 36.2 Å². The van der Waals surface area contributed by atoms with Crippen LogP contribution in [0.1, 0.15) is 0 Å². The highest BCUT2D eigenvalue weighted by Crippen LogP contribution is 2.37. The number of alkyl halides is 3. The fraction of sp³-hybridized carbons (Fsp3) is 0.429. The molecule has 1 aliphatic rings. The van der Waals surface area contributed by atoms with Crippen molar-refractivity contribution in [3.8, 4) is 0 Å². The van der Waals surface area contributed by atoms with Gasteiger partial charge in [0, 0.05) is 18.1 Å². The number of aliphatic carboxylic acids is 1. The Balaban J connectivity index is 0.00000312. The van der Waals surface area contributed by atoms with Crippen LogP contribution in [-0.2, 0) is 9.59 Å². The van der Waals surface area contributed by atoms with E-state index in [4.69, 9.17) is 28.3 Å². The molecular formula is C14H14Cl3F3N2O3. The van der Waals surface area contributed by atoms with Crippen LogP contribution in [0.15, 0.2) is 18.2 Å². The van der Waals surface area contributed by atoms with E-state index in [0.29, 0.717) is 5.02 Å². The molecule has 1 fully saturated rings. The maximum atomic E-state index is 12.9. The van der Waals surface area contributed by atoms with Gasteiger partial charge in [0.05, 0.1) is 29.1 Å². The minimum atomic E-state index is -4.63. The standard InChI is InChI=1S/C14H13Cl2F3N2O3.ClH/c15-7-1-2-10(16)11(3-7)20-12(22)6-21-4-8(13(23)24)9(5-21)14(17,18)19;/h1-3,8-9H,4-6H2,(H,20,22)(H,23,24);1H/t8-,9-;/m1./s1. The van der Waals surface area contributed by atoms with E-state index in [2.05, 4.69) is 5.32 Å². The smallest absolute Gasteiger partial charge is 0.393 e. The van der Waals surface area contributed by atoms with Crippen LogP contribution in [-0.4, -0.2) is 47.7 Å². The van der Waals surface area contributed by atoms with Gasteiger partial charge in [0.15, 0.2) is 0 Å². The molecule has 2 N–H and O–H groups in total. The average molecular weight is 422 g/mol. The summed E-state index contributed by atoms with van der Waals surface area (Å²) in [4.78, 5) is 24.1. The number of halogens is 6. The summed E-state index contributed by atoms with van der Waals surface area (Å²) in [6.07, 6.45) is -4.63. The molecule has 0 radical (unpaired) electrons. The zero-order valence-electron chi connectivity index (χ0n) is 12.5. The first-order chi connectivity index (χ1) is 11.1. The van der Waals surface area contributed by atoms with Crippen molar-refractivity contribution in [1.29, 1.82) is 0 Å². The Hall–Kier alpha value is -1.22. The van der Waals surface area contributed by atoms with Crippen molar-refractivity contribution in [2.24, 2.45) is 11.8 Å². The number of hydrogen-bond donors (Lipinski definition) is 2. The van der Waals surface area contributed by atoms with Gasteiger partial charge in [0.25, 0.3) is 0 Å². The molecule has 0 saturated carbocycles. The monoisotopic (exact) mass is 420 g/mol. The fourth-order valence-electron chi connectivity index (χ4n) is 2.58. The van der Waals surface area contributed by atoms with Gasteiger partial charge < -0.3 is 10.4 Å². The number of benzene rings is 1. The zero-order chi connectivity index (χ0) is 18.1. The molecule has 1 saturated heterocycles. The maximum Gasteiger partial charge on any atom is 0.393 e. The van der Waals surface area contributed by atoms with Gasteiger partial charge in [0.2, 0.25) is 5.91 Å². The molecule has 25 heavy (non-hydrogen) atoms. The number of carbonyl (C=O) groups is 2. The fourth-order valence-corrected chi connectivity index (χ4v) is 2.92. The molecular weight excluding hydrogens is 408 g/mol. The minimum Gasteiger partial charge on any atom is -0.481 e. The number of amides is 1. The van der Waals surface area contributed by atoms with Crippen LogP contribution in [0.2, 0.25) is 10.0 Å². The number of carboxylic acid groups (broad SMARTS) is 1. The summed E-state index contributed by atoms with van der Waals surface area (Å²) < 4.78 is 38.7. The molecule has 0 aromatic heterocycles. The number of carbonyl (C=O) groups excluding carboxylic acids is 1. The van der Waals surface area contributed by atoms with Crippen molar-refractivity contribution in [3.63, 3.8) is 0 Å². The Morgan fingerprint density at radius 3 is 2.44 bits per heavy atom. The maximum absolute atomic E-state index is 12.9. The Morgan fingerprint density at radius 2 is 1.92 bits per heavy atom.